The predicted molar refractivity (Wildman–Crippen MR) is 88.3 cm³/mol. The summed E-state index contributed by atoms with van der Waals surface area (Å²) in [6.45, 7) is 4.67. The van der Waals surface area contributed by atoms with Crippen molar-refractivity contribution in [1.29, 1.82) is 0 Å². The molecule has 1 N–H and O–H groups in total. The zero-order valence-corrected chi connectivity index (χ0v) is 13.1. The van der Waals surface area contributed by atoms with E-state index in [0.717, 1.165) is 18.4 Å². The van der Waals surface area contributed by atoms with E-state index in [1.807, 2.05) is 19.1 Å². The molecular formula is C19H21NO2. The molecule has 0 bridgehead atoms. The third-order valence-electron chi connectivity index (χ3n) is 3.55. The molecule has 3 heteroatoms. The van der Waals surface area contributed by atoms with Gasteiger partial charge in [-0.15, -0.1) is 0 Å². The Morgan fingerprint density at radius 3 is 2.23 bits per heavy atom. The minimum absolute atomic E-state index is 0.124. The van der Waals surface area contributed by atoms with Crippen LogP contribution >= 0.6 is 0 Å². The van der Waals surface area contributed by atoms with Crippen molar-refractivity contribution >= 4 is 11.7 Å². The third kappa shape index (κ3) is 3.82. The number of rotatable bonds is 6. The molecule has 0 aliphatic rings. The van der Waals surface area contributed by atoms with Gasteiger partial charge in [0.1, 0.15) is 0 Å². The number of nitrogens with one attached hydrogen (secondary N) is 1. The van der Waals surface area contributed by atoms with E-state index in [9.17, 15) is 9.59 Å². The highest BCUT2D eigenvalue weighted by Gasteiger charge is 2.17. The van der Waals surface area contributed by atoms with Gasteiger partial charge in [0.15, 0.2) is 5.78 Å². The Kier molecular flexibility index (Phi) is 5.48. The summed E-state index contributed by atoms with van der Waals surface area (Å²) in [4.78, 5) is 24.9. The summed E-state index contributed by atoms with van der Waals surface area (Å²) in [7, 11) is 0. The molecule has 0 saturated heterocycles. The molecular weight excluding hydrogens is 274 g/mol. The van der Waals surface area contributed by atoms with E-state index in [2.05, 4.69) is 12.2 Å². The maximum absolute atomic E-state index is 12.6. The van der Waals surface area contributed by atoms with Crippen molar-refractivity contribution in [3.05, 3.63) is 70.8 Å². The van der Waals surface area contributed by atoms with Crippen LogP contribution in [0.25, 0.3) is 0 Å². The Morgan fingerprint density at radius 1 is 0.955 bits per heavy atom. The Hall–Kier alpha value is -2.42. The number of hydrogen-bond acceptors (Lipinski definition) is 2. The molecule has 0 fully saturated rings. The summed E-state index contributed by atoms with van der Waals surface area (Å²) < 4.78 is 0. The molecule has 0 heterocycles. The zero-order valence-electron chi connectivity index (χ0n) is 13.1. The van der Waals surface area contributed by atoms with Crippen LogP contribution in [0.1, 0.15) is 51.6 Å². The van der Waals surface area contributed by atoms with Gasteiger partial charge in [-0.2, -0.15) is 0 Å². The Labute approximate surface area is 131 Å². The summed E-state index contributed by atoms with van der Waals surface area (Å²) in [6.07, 6.45) is 1.95. The van der Waals surface area contributed by atoms with E-state index >= 15 is 0 Å². The first kappa shape index (κ1) is 16.0. The quantitative estimate of drug-likeness (QED) is 0.651. The number of unbranched alkanes of at least 4 members (excludes halogenated alkanes) is 1. The molecule has 0 aliphatic carbocycles. The van der Waals surface area contributed by atoms with Gasteiger partial charge in [-0.3, -0.25) is 9.59 Å². The van der Waals surface area contributed by atoms with Crippen molar-refractivity contribution in [3.63, 3.8) is 0 Å². The smallest absolute Gasteiger partial charge is 0.252 e. The average molecular weight is 295 g/mol. The number of carbonyl (C=O) groups is 2. The maximum atomic E-state index is 12.6. The second-order valence-corrected chi connectivity index (χ2v) is 5.35. The number of hydrogen-bond donors (Lipinski definition) is 1. The van der Waals surface area contributed by atoms with Gasteiger partial charge in [-0.25, -0.2) is 0 Å². The molecule has 0 aliphatic heterocycles. The van der Waals surface area contributed by atoms with E-state index in [1.54, 1.807) is 36.4 Å². The molecule has 0 radical (unpaired) electrons. The van der Waals surface area contributed by atoms with Crippen LogP contribution in [-0.2, 0) is 0 Å². The van der Waals surface area contributed by atoms with Crippen molar-refractivity contribution in [3.8, 4) is 0 Å². The van der Waals surface area contributed by atoms with Crippen LogP contribution in [0.15, 0.2) is 48.5 Å². The first-order valence-electron chi connectivity index (χ1n) is 7.62. The lowest BCUT2D eigenvalue weighted by Crippen LogP contribution is -2.26. The molecule has 2 rings (SSSR count). The minimum atomic E-state index is -0.190. The van der Waals surface area contributed by atoms with Gasteiger partial charge in [0.2, 0.25) is 0 Å². The number of amides is 1. The van der Waals surface area contributed by atoms with E-state index in [-0.39, 0.29) is 11.7 Å². The lowest BCUT2D eigenvalue weighted by Gasteiger charge is -2.09. The topological polar surface area (TPSA) is 46.2 Å². The highest BCUT2D eigenvalue weighted by molar-refractivity contribution is 6.15. The van der Waals surface area contributed by atoms with Gasteiger partial charge >= 0.3 is 0 Å². The summed E-state index contributed by atoms with van der Waals surface area (Å²) in [6, 6.07) is 14.4. The van der Waals surface area contributed by atoms with Gasteiger partial charge < -0.3 is 5.32 Å². The highest BCUT2D eigenvalue weighted by atomic mass is 16.2. The fourth-order valence-corrected chi connectivity index (χ4v) is 2.21. The lowest BCUT2D eigenvalue weighted by atomic mass is 9.97. The van der Waals surface area contributed by atoms with Crippen LogP contribution in [0.3, 0.4) is 0 Å². The van der Waals surface area contributed by atoms with E-state index in [1.165, 1.54) is 0 Å². The van der Waals surface area contributed by atoms with Crippen molar-refractivity contribution in [2.24, 2.45) is 0 Å². The Bertz CT molecular complexity index is 659. The number of benzene rings is 2. The van der Waals surface area contributed by atoms with Crippen molar-refractivity contribution in [1.82, 2.24) is 5.32 Å². The van der Waals surface area contributed by atoms with Gasteiger partial charge in [0, 0.05) is 17.7 Å². The second kappa shape index (κ2) is 7.55. The Morgan fingerprint density at radius 2 is 1.59 bits per heavy atom. The monoisotopic (exact) mass is 295 g/mol. The molecule has 0 spiro atoms. The first-order valence-corrected chi connectivity index (χ1v) is 7.62. The summed E-state index contributed by atoms with van der Waals surface area (Å²) in [5.74, 6) is -0.314. The molecule has 22 heavy (non-hydrogen) atoms. The van der Waals surface area contributed by atoms with Crippen molar-refractivity contribution < 1.29 is 9.59 Å². The SMILES string of the molecule is CCCCNC(=O)c1ccccc1C(=O)c1ccc(C)cc1. The van der Waals surface area contributed by atoms with Gasteiger partial charge in [0.05, 0.1) is 5.56 Å². The molecule has 0 unspecified atom stereocenters. The van der Waals surface area contributed by atoms with Gasteiger partial charge in [-0.05, 0) is 19.4 Å². The fourth-order valence-electron chi connectivity index (χ4n) is 2.21. The zero-order chi connectivity index (χ0) is 15.9. The largest absolute Gasteiger partial charge is 0.352 e. The standard InChI is InChI=1S/C19H21NO2/c1-3-4-13-20-19(22)17-8-6-5-7-16(17)18(21)15-11-9-14(2)10-12-15/h5-12H,3-4,13H2,1-2H3,(H,20,22). The molecule has 0 aromatic heterocycles. The van der Waals surface area contributed by atoms with Gasteiger partial charge in [0.25, 0.3) is 5.91 Å². The second-order valence-electron chi connectivity index (χ2n) is 5.35. The first-order chi connectivity index (χ1) is 10.6. The summed E-state index contributed by atoms with van der Waals surface area (Å²) in [5.41, 5.74) is 2.58. The summed E-state index contributed by atoms with van der Waals surface area (Å²) in [5, 5.41) is 2.86. The van der Waals surface area contributed by atoms with Crippen LogP contribution in [0.5, 0.6) is 0 Å². The highest BCUT2D eigenvalue weighted by Crippen LogP contribution is 2.15. The lowest BCUT2D eigenvalue weighted by molar-refractivity contribution is 0.0941. The van der Waals surface area contributed by atoms with Crippen LogP contribution in [0, 0.1) is 6.92 Å². The maximum Gasteiger partial charge on any atom is 0.252 e. The number of ketones is 1. The van der Waals surface area contributed by atoms with E-state index in [4.69, 9.17) is 0 Å². The van der Waals surface area contributed by atoms with Crippen molar-refractivity contribution in [2.75, 3.05) is 6.54 Å². The third-order valence-corrected chi connectivity index (χ3v) is 3.55. The van der Waals surface area contributed by atoms with Crippen LogP contribution in [-0.4, -0.2) is 18.2 Å². The van der Waals surface area contributed by atoms with Crippen molar-refractivity contribution in [2.45, 2.75) is 26.7 Å². The van der Waals surface area contributed by atoms with E-state index < -0.39 is 0 Å². The normalized spacial score (nSPS) is 10.3. The molecule has 0 saturated carbocycles. The molecule has 2 aromatic rings. The van der Waals surface area contributed by atoms with Crippen LogP contribution < -0.4 is 5.32 Å². The number of carbonyl (C=O) groups excluding carboxylic acids is 2. The van der Waals surface area contributed by atoms with E-state index in [0.29, 0.717) is 23.2 Å². The Balaban J connectivity index is 2.25. The van der Waals surface area contributed by atoms with Gasteiger partial charge in [-0.1, -0.05) is 61.4 Å². The molecule has 1 amide bonds. The predicted octanol–water partition coefficient (Wildman–Crippen LogP) is 3.76. The molecule has 0 atom stereocenters. The molecule has 2 aromatic carbocycles. The van der Waals surface area contributed by atoms with Crippen LogP contribution in [0.4, 0.5) is 0 Å². The molecule has 3 nitrogen and oxygen atoms in total. The number of aryl methyl sites for hydroxylation is 1. The fraction of sp³-hybridized carbons (Fsp3) is 0.263. The summed E-state index contributed by atoms with van der Waals surface area (Å²) >= 11 is 0. The minimum Gasteiger partial charge on any atom is -0.352 e. The average Bonchev–Trinajstić information content (AvgIpc) is 2.55. The molecule has 114 valence electrons. The van der Waals surface area contributed by atoms with Crippen LogP contribution in [0.2, 0.25) is 0 Å².